The highest BCUT2D eigenvalue weighted by Gasteiger charge is 2.16. The molecule has 5 nitrogen and oxygen atoms in total. The number of benzene rings is 1. The van der Waals surface area contributed by atoms with Gasteiger partial charge in [0.1, 0.15) is 4.21 Å². The number of thiophene rings is 1. The number of nitrogens with one attached hydrogen (secondary N) is 2. The zero-order chi connectivity index (χ0) is 14.6. The van der Waals surface area contributed by atoms with Crippen LogP contribution in [0.3, 0.4) is 0 Å². The molecule has 1 aromatic heterocycles. The Morgan fingerprint density at radius 2 is 1.90 bits per heavy atom. The quantitative estimate of drug-likeness (QED) is 0.843. The van der Waals surface area contributed by atoms with Crippen LogP contribution in [0.5, 0.6) is 0 Å². The minimum absolute atomic E-state index is 0.189. The molecule has 2 aromatic rings. The number of halogens is 1. The van der Waals surface area contributed by atoms with E-state index in [4.69, 9.17) is 0 Å². The molecule has 0 aliphatic rings. The maximum Gasteiger partial charge on any atom is 0.250 e. The number of carbonyl (C=O) groups is 1. The maximum absolute atomic E-state index is 11.8. The molecule has 2 N–H and O–H groups in total. The Labute approximate surface area is 129 Å². The molecule has 20 heavy (non-hydrogen) atoms. The summed E-state index contributed by atoms with van der Waals surface area (Å²) in [7, 11) is -3.61. The molecule has 1 heterocycles. The van der Waals surface area contributed by atoms with Gasteiger partial charge in [-0.3, -0.25) is 4.79 Å². The molecule has 0 atom stereocenters. The third kappa shape index (κ3) is 4.14. The van der Waals surface area contributed by atoms with Crippen LogP contribution in [0, 0.1) is 0 Å². The third-order valence-electron chi connectivity index (χ3n) is 2.31. The molecule has 0 saturated carbocycles. The second-order valence-corrected chi connectivity index (χ2v) is 7.67. The fourth-order valence-electron chi connectivity index (χ4n) is 1.39. The Kier molecular flexibility index (Phi) is 4.92. The van der Waals surface area contributed by atoms with Gasteiger partial charge in [0, 0.05) is 10.2 Å². The van der Waals surface area contributed by atoms with Gasteiger partial charge in [-0.2, -0.15) is 0 Å². The lowest BCUT2D eigenvalue weighted by molar-refractivity contribution is -0.115. The normalized spacial score (nSPS) is 11.2. The van der Waals surface area contributed by atoms with Gasteiger partial charge in [-0.25, -0.2) is 13.1 Å². The van der Waals surface area contributed by atoms with E-state index < -0.39 is 15.9 Å². The van der Waals surface area contributed by atoms with Crippen molar-refractivity contribution >= 4 is 48.9 Å². The maximum atomic E-state index is 11.8. The van der Waals surface area contributed by atoms with E-state index in [-0.39, 0.29) is 10.8 Å². The van der Waals surface area contributed by atoms with Crippen molar-refractivity contribution in [1.29, 1.82) is 0 Å². The number of rotatable bonds is 5. The highest BCUT2D eigenvalue weighted by Crippen LogP contribution is 2.15. The lowest BCUT2D eigenvalue weighted by Crippen LogP contribution is -2.32. The van der Waals surface area contributed by atoms with Crippen molar-refractivity contribution in [2.75, 3.05) is 11.9 Å². The summed E-state index contributed by atoms with van der Waals surface area (Å²) in [6, 6.07) is 10.1. The Balaban J connectivity index is 1.91. The van der Waals surface area contributed by atoms with Gasteiger partial charge in [0.05, 0.1) is 6.54 Å². The molecule has 1 amide bonds. The number of amides is 1. The topological polar surface area (TPSA) is 75.3 Å². The van der Waals surface area contributed by atoms with Gasteiger partial charge in [0.25, 0.3) is 10.0 Å². The largest absolute Gasteiger partial charge is 0.325 e. The van der Waals surface area contributed by atoms with Crippen LogP contribution >= 0.6 is 27.3 Å². The highest BCUT2D eigenvalue weighted by molar-refractivity contribution is 9.10. The first-order valence-corrected chi connectivity index (χ1v) is 8.71. The van der Waals surface area contributed by atoms with Crippen LogP contribution in [0.2, 0.25) is 0 Å². The summed E-state index contributed by atoms with van der Waals surface area (Å²) < 4.78 is 27.0. The zero-order valence-corrected chi connectivity index (χ0v) is 13.4. The Morgan fingerprint density at radius 3 is 2.50 bits per heavy atom. The average molecular weight is 375 g/mol. The van der Waals surface area contributed by atoms with Gasteiger partial charge in [0.2, 0.25) is 5.91 Å². The van der Waals surface area contributed by atoms with E-state index in [0.717, 1.165) is 15.8 Å². The summed E-state index contributed by atoms with van der Waals surface area (Å²) in [4.78, 5) is 11.7. The van der Waals surface area contributed by atoms with E-state index in [0.29, 0.717) is 5.69 Å². The van der Waals surface area contributed by atoms with Crippen molar-refractivity contribution < 1.29 is 13.2 Å². The summed E-state index contributed by atoms with van der Waals surface area (Å²) in [6.45, 7) is -0.309. The molecular weight excluding hydrogens is 364 g/mol. The SMILES string of the molecule is O=C(CNS(=O)(=O)c1cccs1)Nc1ccc(Br)cc1. The Morgan fingerprint density at radius 1 is 1.20 bits per heavy atom. The number of hydrogen-bond donors (Lipinski definition) is 2. The number of carbonyl (C=O) groups excluding carboxylic acids is 1. The lowest BCUT2D eigenvalue weighted by Gasteiger charge is -2.06. The van der Waals surface area contributed by atoms with Crippen LogP contribution in [0.15, 0.2) is 50.5 Å². The second kappa shape index (κ2) is 6.49. The molecule has 2 rings (SSSR count). The monoisotopic (exact) mass is 374 g/mol. The summed E-state index contributed by atoms with van der Waals surface area (Å²) in [5, 5.41) is 4.27. The molecule has 0 aliphatic carbocycles. The first kappa shape index (κ1) is 15.2. The Hall–Kier alpha value is -1.22. The molecule has 0 saturated heterocycles. The summed E-state index contributed by atoms with van der Waals surface area (Å²) in [5.41, 5.74) is 0.605. The number of anilines is 1. The lowest BCUT2D eigenvalue weighted by atomic mass is 10.3. The molecule has 0 spiro atoms. The van der Waals surface area contributed by atoms with Gasteiger partial charge >= 0.3 is 0 Å². The molecule has 1 aromatic carbocycles. The average Bonchev–Trinajstić information content (AvgIpc) is 2.94. The van der Waals surface area contributed by atoms with E-state index in [1.165, 1.54) is 6.07 Å². The first-order chi connectivity index (χ1) is 9.47. The summed E-state index contributed by atoms with van der Waals surface area (Å²) >= 11 is 4.39. The molecular formula is C12H11BrN2O3S2. The van der Waals surface area contributed by atoms with Crippen LogP contribution in [0.25, 0.3) is 0 Å². The first-order valence-electron chi connectivity index (χ1n) is 5.56. The third-order valence-corrected chi connectivity index (χ3v) is 5.64. The van der Waals surface area contributed by atoms with Crippen LogP contribution in [-0.4, -0.2) is 20.9 Å². The zero-order valence-electron chi connectivity index (χ0n) is 10.2. The van der Waals surface area contributed by atoms with Gasteiger partial charge in [-0.1, -0.05) is 22.0 Å². The van der Waals surface area contributed by atoms with Crippen molar-refractivity contribution in [3.8, 4) is 0 Å². The predicted octanol–water partition coefficient (Wildman–Crippen LogP) is 2.43. The van der Waals surface area contributed by atoms with E-state index in [9.17, 15) is 13.2 Å². The van der Waals surface area contributed by atoms with E-state index in [1.54, 1.807) is 35.7 Å². The molecule has 8 heteroatoms. The van der Waals surface area contributed by atoms with Crippen LogP contribution < -0.4 is 10.0 Å². The molecule has 0 unspecified atom stereocenters. The van der Waals surface area contributed by atoms with Crippen molar-refractivity contribution in [2.24, 2.45) is 0 Å². The fraction of sp³-hybridized carbons (Fsp3) is 0.0833. The van der Waals surface area contributed by atoms with Gasteiger partial charge in [-0.15, -0.1) is 11.3 Å². The van der Waals surface area contributed by atoms with Crippen LogP contribution in [0.1, 0.15) is 0 Å². The standard InChI is InChI=1S/C12H11BrN2O3S2/c13-9-3-5-10(6-4-9)15-11(16)8-14-20(17,18)12-2-1-7-19-12/h1-7,14H,8H2,(H,15,16). The van der Waals surface area contributed by atoms with Crippen molar-refractivity contribution in [1.82, 2.24) is 4.72 Å². The van der Waals surface area contributed by atoms with Crippen molar-refractivity contribution in [2.45, 2.75) is 4.21 Å². The molecule has 0 bridgehead atoms. The van der Waals surface area contributed by atoms with Crippen molar-refractivity contribution in [3.63, 3.8) is 0 Å². The highest BCUT2D eigenvalue weighted by atomic mass is 79.9. The molecule has 106 valence electrons. The number of sulfonamides is 1. The molecule has 0 aliphatic heterocycles. The second-order valence-electron chi connectivity index (χ2n) is 3.81. The predicted molar refractivity (Wildman–Crippen MR) is 82.3 cm³/mol. The molecule has 0 fully saturated rings. The minimum atomic E-state index is -3.61. The van der Waals surface area contributed by atoms with Gasteiger partial charge in [0.15, 0.2) is 0 Å². The van der Waals surface area contributed by atoms with Crippen LogP contribution in [-0.2, 0) is 14.8 Å². The summed E-state index contributed by atoms with van der Waals surface area (Å²) in [6.07, 6.45) is 0. The van der Waals surface area contributed by atoms with Gasteiger partial charge < -0.3 is 5.32 Å². The van der Waals surface area contributed by atoms with Crippen molar-refractivity contribution in [3.05, 3.63) is 46.3 Å². The minimum Gasteiger partial charge on any atom is -0.325 e. The van der Waals surface area contributed by atoms with E-state index in [1.807, 2.05) is 0 Å². The smallest absolute Gasteiger partial charge is 0.250 e. The fourth-order valence-corrected chi connectivity index (χ4v) is 3.67. The van der Waals surface area contributed by atoms with Gasteiger partial charge in [-0.05, 0) is 35.7 Å². The van der Waals surface area contributed by atoms with E-state index in [2.05, 4.69) is 26.0 Å². The Bertz CT molecular complexity index is 682. The van der Waals surface area contributed by atoms with Crippen LogP contribution in [0.4, 0.5) is 5.69 Å². The van der Waals surface area contributed by atoms with E-state index >= 15 is 0 Å². The summed E-state index contributed by atoms with van der Waals surface area (Å²) in [5.74, 6) is -0.424. The number of hydrogen-bond acceptors (Lipinski definition) is 4. The molecule has 0 radical (unpaired) electrons.